The van der Waals surface area contributed by atoms with Crippen molar-refractivity contribution in [3.63, 3.8) is 0 Å². The van der Waals surface area contributed by atoms with Gasteiger partial charge in [-0.1, -0.05) is 88.4 Å². The van der Waals surface area contributed by atoms with Crippen molar-refractivity contribution in [3.8, 4) is 0 Å². The molecule has 2 saturated heterocycles. The van der Waals surface area contributed by atoms with E-state index < -0.39 is 31.4 Å². The first-order valence-corrected chi connectivity index (χ1v) is 21.3. The Kier molecular flexibility index (Phi) is 13.3. The summed E-state index contributed by atoms with van der Waals surface area (Å²) in [7, 11) is -2.09. The molecule has 50 heavy (non-hydrogen) atoms. The van der Waals surface area contributed by atoms with Crippen LogP contribution in [0, 0.1) is 11.3 Å². The number of ketones is 1. The largest absolute Gasteiger partial charge is 0.465 e. The van der Waals surface area contributed by atoms with Gasteiger partial charge in [0.1, 0.15) is 17.8 Å². The Balaban J connectivity index is 1.38. The third-order valence-corrected chi connectivity index (χ3v) is 15.1. The average molecular weight is 709 g/mol. The molecular weight excluding hydrogens is 649 g/mol. The predicted molar refractivity (Wildman–Crippen MR) is 197 cm³/mol. The van der Waals surface area contributed by atoms with Crippen molar-refractivity contribution in [1.82, 2.24) is 0 Å². The Morgan fingerprint density at radius 2 is 1.50 bits per heavy atom. The smallest absolute Gasteiger partial charge is 0.314 e. The fourth-order valence-corrected chi connectivity index (χ4v) is 7.48. The van der Waals surface area contributed by atoms with Crippen molar-refractivity contribution in [2.24, 2.45) is 11.3 Å². The minimum atomic E-state index is -2.09. The van der Waals surface area contributed by atoms with E-state index in [1.807, 2.05) is 88.4 Å². The van der Waals surface area contributed by atoms with Crippen LogP contribution in [-0.2, 0) is 37.8 Å². The molecule has 9 heteroatoms. The first-order valence-electron chi connectivity index (χ1n) is 18.4. The molecule has 0 radical (unpaired) electrons. The summed E-state index contributed by atoms with van der Waals surface area (Å²) < 4.78 is 31.8. The number of carbonyl (C=O) groups excluding carboxylic acids is 3. The minimum Gasteiger partial charge on any atom is -0.465 e. The van der Waals surface area contributed by atoms with Gasteiger partial charge in [-0.2, -0.15) is 0 Å². The molecule has 8 nitrogen and oxygen atoms in total. The number of fused-ring (bicyclic) bond motifs is 1. The van der Waals surface area contributed by atoms with Crippen molar-refractivity contribution in [1.29, 1.82) is 0 Å². The van der Waals surface area contributed by atoms with Crippen molar-refractivity contribution >= 4 is 26.0 Å². The van der Waals surface area contributed by atoms with E-state index in [1.165, 1.54) is 0 Å². The highest BCUT2D eigenvalue weighted by atomic mass is 28.4. The summed E-state index contributed by atoms with van der Waals surface area (Å²) in [5.41, 5.74) is 0.556. The van der Waals surface area contributed by atoms with Crippen LogP contribution >= 0.6 is 0 Å². The van der Waals surface area contributed by atoms with E-state index in [-0.39, 0.29) is 47.4 Å². The number of hydrogen-bond donors (Lipinski definition) is 0. The maximum atomic E-state index is 13.4. The van der Waals surface area contributed by atoms with Gasteiger partial charge >= 0.3 is 11.9 Å². The summed E-state index contributed by atoms with van der Waals surface area (Å²) in [6, 6.07) is 19.2. The second-order valence-corrected chi connectivity index (χ2v) is 21.7. The SMILES string of the molecule is C[C@H](C[C@H]1CC[C@@H]2O[C@@H](CCCOC(=O)C(C)(C)C)C[C@]2(CO[Si](C)(C)C(C)(C)C)O1)C(=O)CC(=O)OC(c1ccccc1)c1ccccc1. The molecule has 0 amide bonds. The van der Waals surface area contributed by atoms with E-state index in [1.54, 1.807) is 0 Å². The summed E-state index contributed by atoms with van der Waals surface area (Å²) in [6.07, 6.45) is 3.03. The topological polar surface area (TPSA) is 97.4 Å². The molecule has 0 unspecified atom stereocenters. The number of esters is 2. The van der Waals surface area contributed by atoms with E-state index in [2.05, 4.69) is 33.9 Å². The van der Waals surface area contributed by atoms with E-state index >= 15 is 0 Å². The summed E-state index contributed by atoms with van der Waals surface area (Å²) in [5, 5.41) is 0.0402. The molecule has 2 aromatic carbocycles. The standard InChI is InChI=1S/C41H60O8Si/c1-29(34(42)26-36(43)48-37(30-17-12-10-13-18-30)31-19-14-11-15-20-31)25-32-22-23-35-41(49-32,28-46-50(8,9)40(5,6)7)27-33(47-35)21-16-24-45-38(44)39(2,3)4/h10-15,17-20,29,32-33,35,37H,16,21-28H2,1-9H3/t29-,32-,33+,35+,41-/m1/s1. The second-order valence-electron chi connectivity index (χ2n) is 16.9. The normalized spacial score (nSPS) is 23.3. The Hall–Kier alpha value is -2.85. The number of hydrogen-bond acceptors (Lipinski definition) is 8. The predicted octanol–water partition coefficient (Wildman–Crippen LogP) is 8.77. The number of carbonyl (C=O) groups is 3. The van der Waals surface area contributed by atoms with Crippen molar-refractivity contribution < 1.29 is 37.8 Å². The summed E-state index contributed by atoms with van der Waals surface area (Å²) in [5.74, 6) is -1.28. The molecule has 0 N–H and O–H groups in total. The second kappa shape index (κ2) is 16.7. The van der Waals surface area contributed by atoms with Crippen LogP contribution in [0.3, 0.4) is 0 Å². The van der Waals surface area contributed by atoms with Crippen LogP contribution in [0.5, 0.6) is 0 Å². The molecule has 5 atom stereocenters. The van der Waals surface area contributed by atoms with Crippen LogP contribution in [0.4, 0.5) is 0 Å². The van der Waals surface area contributed by atoms with Crippen molar-refractivity contribution in [2.75, 3.05) is 13.2 Å². The monoisotopic (exact) mass is 708 g/mol. The number of benzene rings is 2. The lowest BCUT2D eigenvalue weighted by Gasteiger charge is -2.45. The van der Waals surface area contributed by atoms with Gasteiger partial charge in [0.2, 0.25) is 0 Å². The summed E-state index contributed by atoms with van der Waals surface area (Å²) in [6.45, 7) is 19.4. The lowest BCUT2D eigenvalue weighted by atomic mass is 9.84. The molecule has 0 bridgehead atoms. The Bertz CT molecular complexity index is 1370. The Labute approximate surface area is 301 Å². The number of rotatable bonds is 15. The molecule has 4 rings (SSSR count). The molecule has 276 valence electrons. The maximum Gasteiger partial charge on any atom is 0.314 e. The van der Waals surface area contributed by atoms with Gasteiger partial charge in [0.25, 0.3) is 0 Å². The van der Waals surface area contributed by atoms with Crippen molar-refractivity contribution in [2.45, 2.75) is 142 Å². The van der Waals surface area contributed by atoms with Gasteiger partial charge < -0.3 is 23.4 Å². The van der Waals surface area contributed by atoms with Crippen LogP contribution in [0.15, 0.2) is 60.7 Å². The van der Waals surface area contributed by atoms with Gasteiger partial charge in [-0.05, 0) is 82.1 Å². The Morgan fingerprint density at radius 3 is 2.06 bits per heavy atom. The lowest BCUT2D eigenvalue weighted by molar-refractivity contribution is -0.184. The maximum absolute atomic E-state index is 13.4. The van der Waals surface area contributed by atoms with Crippen molar-refractivity contribution in [3.05, 3.63) is 71.8 Å². The number of Topliss-reactive ketones (excluding diaryl/α,β-unsaturated/α-hetero) is 1. The van der Waals surface area contributed by atoms with Gasteiger partial charge in [0.15, 0.2) is 14.4 Å². The molecule has 2 heterocycles. The first kappa shape index (κ1) is 39.9. The highest BCUT2D eigenvalue weighted by molar-refractivity contribution is 6.74. The van der Waals surface area contributed by atoms with E-state index in [0.717, 1.165) is 30.4 Å². The average Bonchev–Trinajstić information content (AvgIpc) is 3.42. The van der Waals surface area contributed by atoms with Crippen LogP contribution in [0.25, 0.3) is 0 Å². The molecule has 2 fully saturated rings. The number of ether oxygens (including phenoxy) is 4. The van der Waals surface area contributed by atoms with Gasteiger partial charge in [-0.25, -0.2) is 0 Å². The Morgan fingerprint density at radius 1 is 0.900 bits per heavy atom. The van der Waals surface area contributed by atoms with Crippen LogP contribution < -0.4 is 0 Å². The van der Waals surface area contributed by atoms with Crippen LogP contribution in [0.1, 0.15) is 111 Å². The zero-order valence-electron chi connectivity index (χ0n) is 31.8. The molecule has 2 aromatic rings. The first-order chi connectivity index (χ1) is 23.4. The minimum absolute atomic E-state index is 0.0360. The molecular formula is C41H60O8Si. The van der Waals surface area contributed by atoms with Gasteiger partial charge in [-0.15, -0.1) is 0 Å². The fraction of sp³-hybridized carbons (Fsp3) is 0.634. The summed E-state index contributed by atoms with van der Waals surface area (Å²) >= 11 is 0. The zero-order chi connectivity index (χ0) is 36.7. The fourth-order valence-electron chi connectivity index (χ4n) is 6.44. The van der Waals surface area contributed by atoms with Gasteiger partial charge in [0, 0.05) is 12.3 Å². The van der Waals surface area contributed by atoms with Crippen LogP contribution in [0.2, 0.25) is 18.1 Å². The van der Waals surface area contributed by atoms with E-state index in [0.29, 0.717) is 32.5 Å². The molecule has 2 aliphatic heterocycles. The zero-order valence-corrected chi connectivity index (χ0v) is 32.8. The highest BCUT2D eigenvalue weighted by Crippen LogP contribution is 2.46. The molecule has 0 saturated carbocycles. The quantitative estimate of drug-likeness (QED) is 0.0784. The van der Waals surface area contributed by atoms with Gasteiger partial charge in [0.05, 0.1) is 36.9 Å². The van der Waals surface area contributed by atoms with E-state index in [9.17, 15) is 14.4 Å². The summed E-state index contributed by atoms with van der Waals surface area (Å²) in [4.78, 5) is 38.8. The van der Waals surface area contributed by atoms with E-state index in [4.69, 9.17) is 23.4 Å². The molecule has 0 aromatic heterocycles. The van der Waals surface area contributed by atoms with Gasteiger partial charge in [-0.3, -0.25) is 14.4 Å². The molecule has 0 spiro atoms. The third kappa shape index (κ3) is 10.6. The molecule has 0 aliphatic carbocycles. The third-order valence-electron chi connectivity index (χ3n) is 10.6. The highest BCUT2D eigenvalue weighted by Gasteiger charge is 2.54. The van der Waals surface area contributed by atoms with Crippen LogP contribution in [-0.4, -0.2) is 63.2 Å². The lowest BCUT2D eigenvalue weighted by Crippen LogP contribution is -2.55. The molecule has 2 aliphatic rings.